The van der Waals surface area contributed by atoms with Crippen molar-refractivity contribution >= 4 is 11.0 Å². The lowest BCUT2D eigenvalue weighted by atomic mass is 10.3. The first-order valence-electron chi connectivity index (χ1n) is 2.52. The van der Waals surface area contributed by atoms with Crippen LogP contribution in [0.4, 0.5) is 0 Å². The highest BCUT2D eigenvalue weighted by Gasteiger charge is 1.76. The quantitative estimate of drug-likeness (QED) is 0.401. The molecule has 0 bridgehead atoms. The van der Waals surface area contributed by atoms with Gasteiger partial charge in [-0.1, -0.05) is 19.8 Å². The van der Waals surface area contributed by atoms with Crippen molar-refractivity contribution in [3.63, 3.8) is 0 Å². The number of rotatable bonds is 3. The van der Waals surface area contributed by atoms with Crippen LogP contribution in [-0.4, -0.2) is 22.7 Å². The third-order valence-corrected chi connectivity index (χ3v) is 0.762. The van der Waals surface area contributed by atoms with Crippen LogP contribution in [-0.2, 0) is 0 Å². The predicted molar refractivity (Wildman–Crippen MR) is 37.9 cm³/mol. The average Bonchev–Trinajstić information content (AvgIpc) is 1.61. The van der Waals surface area contributed by atoms with Crippen molar-refractivity contribution in [2.75, 3.05) is 6.61 Å². The molecule has 0 atom stereocenters. The third kappa shape index (κ3) is 10.7. The minimum absolute atomic E-state index is 0. The highest BCUT2D eigenvalue weighted by atomic mass is 28.1. The summed E-state index contributed by atoms with van der Waals surface area (Å²) in [5, 5.41) is 8.20. The van der Waals surface area contributed by atoms with Gasteiger partial charge in [0.1, 0.15) is 0 Å². The van der Waals surface area contributed by atoms with E-state index in [1.807, 2.05) is 0 Å². The molecule has 0 radical (unpaired) electrons. The van der Waals surface area contributed by atoms with Gasteiger partial charge in [-0.05, 0) is 17.4 Å². The number of hydrogen-bond acceptors (Lipinski definition) is 1. The minimum Gasteiger partial charge on any atom is -0.396 e. The molecule has 0 aromatic rings. The lowest BCUT2D eigenvalue weighted by molar-refractivity contribution is 0.284. The van der Waals surface area contributed by atoms with Crippen molar-refractivity contribution in [3.05, 3.63) is 0 Å². The molecule has 46 valence electrons. The van der Waals surface area contributed by atoms with Crippen LogP contribution in [0.5, 0.6) is 0 Å². The summed E-state index contributed by atoms with van der Waals surface area (Å²) in [6.07, 6.45) is 3.33. The van der Waals surface area contributed by atoms with Crippen LogP contribution in [0, 0.1) is 0 Å². The molecule has 0 aliphatic heterocycles. The molecule has 0 saturated heterocycles. The minimum atomic E-state index is 0. The SMILES string of the molecule is CCCCCO.[SiH4]. The van der Waals surface area contributed by atoms with E-state index in [0.717, 1.165) is 12.8 Å². The van der Waals surface area contributed by atoms with E-state index in [1.165, 1.54) is 6.42 Å². The van der Waals surface area contributed by atoms with Gasteiger partial charge >= 0.3 is 0 Å². The van der Waals surface area contributed by atoms with Gasteiger partial charge in [0.2, 0.25) is 0 Å². The highest BCUT2D eigenvalue weighted by molar-refractivity contribution is 5.75. The van der Waals surface area contributed by atoms with Crippen LogP contribution < -0.4 is 0 Å². The Morgan fingerprint density at radius 3 is 2.00 bits per heavy atom. The number of hydrogen-bond donors (Lipinski definition) is 1. The van der Waals surface area contributed by atoms with Crippen LogP contribution in [0.2, 0.25) is 0 Å². The summed E-state index contributed by atoms with van der Waals surface area (Å²) in [4.78, 5) is 0. The maximum Gasteiger partial charge on any atom is 0.0431 e. The molecular weight excluding hydrogens is 104 g/mol. The monoisotopic (exact) mass is 120 g/mol. The van der Waals surface area contributed by atoms with Crippen LogP contribution >= 0.6 is 0 Å². The normalized spacial score (nSPS) is 7.71. The van der Waals surface area contributed by atoms with Gasteiger partial charge in [-0.3, -0.25) is 0 Å². The maximum absolute atomic E-state index is 8.20. The van der Waals surface area contributed by atoms with Gasteiger partial charge in [0.05, 0.1) is 0 Å². The van der Waals surface area contributed by atoms with Crippen LogP contribution in [0.15, 0.2) is 0 Å². The fourth-order valence-electron chi connectivity index (χ4n) is 0.362. The molecule has 7 heavy (non-hydrogen) atoms. The van der Waals surface area contributed by atoms with Gasteiger partial charge < -0.3 is 5.11 Å². The van der Waals surface area contributed by atoms with Crippen LogP contribution in [0.3, 0.4) is 0 Å². The Hall–Kier alpha value is 0.177. The lowest BCUT2D eigenvalue weighted by Gasteiger charge is -1.85. The van der Waals surface area contributed by atoms with Crippen LogP contribution in [0.25, 0.3) is 0 Å². The van der Waals surface area contributed by atoms with Crippen LogP contribution in [0.1, 0.15) is 26.2 Å². The van der Waals surface area contributed by atoms with Gasteiger partial charge in [-0.25, -0.2) is 0 Å². The molecule has 0 aromatic carbocycles. The maximum atomic E-state index is 8.20. The molecule has 0 aliphatic rings. The van der Waals surface area contributed by atoms with E-state index in [0.29, 0.717) is 6.61 Å². The smallest absolute Gasteiger partial charge is 0.0431 e. The Bertz CT molecular complexity index is 20.0. The zero-order chi connectivity index (χ0) is 4.83. The van der Waals surface area contributed by atoms with E-state index in [1.54, 1.807) is 0 Å². The molecule has 0 spiro atoms. The Labute approximate surface area is 49.8 Å². The van der Waals surface area contributed by atoms with E-state index >= 15 is 0 Å². The number of aliphatic hydroxyl groups excluding tert-OH is 1. The molecule has 1 nitrogen and oxygen atoms in total. The van der Waals surface area contributed by atoms with Crippen molar-refractivity contribution in [1.29, 1.82) is 0 Å². The topological polar surface area (TPSA) is 20.2 Å². The summed E-state index contributed by atoms with van der Waals surface area (Å²) in [6.45, 7) is 2.48. The number of aliphatic hydroxyl groups is 1. The molecule has 0 rings (SSSR count). The molecule has 0 amide bonds. The van der Waals surface area contributed by atoms with Crippen molar-refractivity contribution in [2.24, 2.45) is 0 Å². The summed E-state index contributed by atoms with van der Waals surface area (Å²) in [7, 11) is 0. The second kappa shape index (κ2) is 9.49. The van der Waals surface area contributed by atoms with Gasteiger partial charge in [-0.2, -0.15) is 0 Å². The van der Waals surface area contributed by atoms with Gasteiger partial charge in [-0.15, -0.1) is 0 Å². The summed E-state index contributed by atoms with van der Waals surface area (Å²) < 4.78 is 0. The van der Waals surface area contributed by atoms with E-state index in [2.05, 4.69) is 6.92 Å². The second-order valence-corrected chi connectivity index (χ2v) is 1.43. The molecule has 0 unspecified atom stereocenters. The van der Waals surface area contributed by atoms with Crippen molar-refractivity contribution in [2.45, 2.75) is 26.2 Å². The lowest BCUT2D eigenvalue weighted by Crippen LogP contribution is -1.78. The molecule has 0 heterocycles. The van der Waals surface area contributed by atoms with E-state index in [-0.39, 0.29) is 11.0 Å². The average molecular weight is 120 g/mol. The Morgan fingerprint density at radius 2 is 1.86 bits per heavy atom. The van der Waals surface area contributed by atoms with Gasteiger partial charge in [0, 0.05) is 6.61 Å². The fraction of sp³-hybridized carbons (Fsp3) is 1.00. The number of unbranched alkanes of at least 4 members (excludes halogenated alkanes) is 2. The standard InChI is InChI=1S/C5H12O.H4Si/c1-2-3-4-5-6;/h6H,2-5H2,1H3;1H4. The Morgan fingerprint density at radius 1 is 1.29 bits per heavy atom. The van der Waals surface area contributed by atoms with E-state index in [9.17, 15) is 0 Å². The molecule has 0 aliphatic carbocycles. The van der Waals surface area contributed by atoms with Gasteiger partial charge in [0.15, 0.2) is 0 Å². The third-order valence-electron chi connectivity index (χ3n) is 0.762. The first-order valence-corrected chi connectivity index (χ1v) is 2.52. The summed E-state index contributed by atoms with van der Waals surface area (Å²) >= 11 is 0. The van der Waals surface area contributed by atoms with Crippen molar-refractivity contribution in [3.8, 4) is 0 Å². The largest absolute Gasteiger partial charge is 0.396 e. The first kappa shape index (κ1) is 10.2. The molecular formula is C5H16OSi. The first-order chi connectivity index (χ1) is 2.91. The summed E-state index contributed by atoms with van der Waals surface area (Å²) in [6, 6.07) is 0. The molecule has 2 heteroatoms. The molecule has 0 aromatic heterocycles. The summed E-state index contributed by atoms with van der Waals surface area (Å²) in [5.74, 6) is 0. The van der Waals surface area contributed by atoms with Gasteiger partial charge in [0.25, 0.3) is 0 Å². The summed E-state index contributed by atoms with van der Waals surface area (Å²) in [5.41, 5.74) is 0. The van der Waals surface area contributed by atoms with E-state index in [4.69, 9.17) is 5.11 Å². The zero-order valence-corrected chi connectivity index (χ0v) is 4.28. The Balaban J connectivity index is 0. The molecule has 0 fully saturated rings. The van der Waals surface area contributed by atoms with Crippen molar-refractivity contribution < 1.29 is 5.11 Å². The highest BCUT2D eigenvalue weighted by Crippen LogP contribution is 1.89. The molecule has 1 N–H and O–H groups in total. The van der Waals surface area contributed by atoms with E-state index < -0.39 is 0 Å². The van der Waals surface area contributed by atoms with Crippen molar-refractivity contribution in [1.82, 2.24) is 0 Å². The second-order valence-electron chi connectivity index (χ2n) is 1.43. The fourth-order valence-corrected chi connectivity index (χ4v) is 0.362. The zero-order valence-electron chi connectivity index (χ0n) is 4.28. The Kier molecular flexibility index (Phi) is 13.8. The molecule has 0 saturated carbocycles. The predicted octanol–water partition coefficient (Wildman–Crippen LogP) is -0.283.